The summed E-state index contributed by atoms with van der Waals surface area (Å²) in [7, 11) is 0. The van der Waals surface area contributed by atoms with Gasteiger partial charge >= 0.3 is 0 Å². The Labute approximate surface area is 114 Å². The summed E-state index contributed by atoms with van der Waals surface area (Å²) in [6, 6.07) is 9.01. The molecule has 0 atom stereocenters. The van der Waals surface area contributed by atoms with Crippen LogP contribution in [0, 0.1) is 5.82 Å². The predicted octanol–water partition coefficient (Wildman–Crippen LogP) is 4.45. The van der Waals surface area contributed by atoms with Gasteiger partial charge in [-0.05, 0) is 30.3 Å². The molecular formula is C13H10Cl2FNO. The van der Waals surface area contributed by atoms with E-state index < -0.39 is 5.82 Å². The lowest BCUT2D eigenvalue weighted by Crippen LogP contribution is -2.00. The van der Waals surface area contributed by atoms with Crippen LogP contribution in [0.25, 0.3) is 0 Å². The monoisotopic (exact) mass is 285 g/mol. The van der Waals surface area contributed by atoms with Gasteiger partial charge in [0.15, 0.2) is 0 Å². The first-order valence-electron chi connectivity index (χ1n) is 5.22. The minimum Gasteiger partial charge on any atom is -0.508 e. The Balaban J connectivity index is 2.16. The summed E-state index contributed by atoms with van der Waals surface area (Å²) in [5.74, 6) is -0.328. The highest BCUT2D eigenvalue weighted by atomic mass is 35.5. The van der Waals surface area contributed by atoms with Crippen molar-refractivity contribution >= 4 is 28.9 Å². The minimum atomic E-state index is -0.423. The van der Waals surface area contributed by atoms with Gasteiger partial charge in [-0.25, -0.2) is 4.39 Å². The number of rotatable bonds is 3. The maximum atomic E-state index is 13.1. The van der Waals surface area contributed by atoms with E-state index in [0.29, 0.717) is 21.3 Å². The van der Waals surface area contributed by atoms with E-state index >= 15 is 0 Å². The second kappa shape index (κ2) is 5.46. The number of benzene rings is 2. The molecule has 0 heterocycles. The smallest absolute Gasteiger partial charge is 0.126 e. The van der Waals surface area contributed by atoms with E-state index in [1.807, 2.05) is 0 Å². The Bertz CT molecular complexity index is 534. The topological polar surface area (TPSA) is 32.3 Å². The fraction of sp³-hybridized carbons (Fsp3) is 0.0769. The van der Waals surface area contributed by atoms with Crippen molar-refractivity contribution in [2.45, 2.75) is 6.54 Å². The van der Waals surface area contributed by atoms with E-state index in [1.54, 1.807) is 24.3 Å². The number of halogens is 3. The average molecular weight is 286 g/mol. The van der Waals surface area contributed by atoms with Crippen molar-refractivity contribution in [3.63, 3.8) is 0 Å². The number of hydrogen-bond donors (Lipinski definition) is 2. The van der Waals surface area contributed by atoms with Crippen LogP contribution in [0.1, 0.15) is 5.56 Å². The molecule has 0 aliphatic carbocycles. The largest absolute Gasteiger partial charge is 0.508 e. The molecule has 0 fully saturated rings. The van der Waals surface area contributed by atoms with Gasteiger partial charge in [-0.1, -0.05) is 29.3 Å². The van der Waals surface area contributed by atoms with Crippen LogP contribution in [0.15, 0.2) is 36.4 Å². The fourth-order valence-corrected chi connectivity index (χ4v) is 2.03. The molecule has 18 heavy (non-hydrogen) atoms. The quantitative estimate of drug-likeness (QED) is 0.873. The van der Waals surface area contributed by atoms with Crippen LogP contribution in [-0.2, 0) is 6.54 Å². The van der Waals surface area contributed by atoms with Crippen molar-refractivity contribution in [2.75, 3.05) is 5.32 Å². The molecule has 2 aromatic carbocycles. The van der Waals surface area contributed by atoms with Crippen LogP contribution < -0.4 is 5.32 Å². The van der Waals surface area contributed by atoms with Crippen LogP contribution in [0.2, 0.25) is 10.0 Å². The van der Waals surface area contributed by atoms with Gasteiger partial charge in [0.1, 0.15) is 11.6 Å². The average Bonchev–Trinajstić information content (AvgIpc) is 2.27. The van der Waals surface area contributed by atoms with Gasteiger partial charge in [-0.2, -0.15) is 0 Å². The van der Waals surface area contributed by atoms with E-state index in [-0.39, 0.29) is 12.3 Å². The summed E-state index contributed by atoms with van der Waals surface area (Å²) < 4.78 is 13.1. The summed E-state index contributed by atoms with van der Waals surface area (Å²) in [5, 5.41) is 13.4. The Morgan fingerprint density at radius 3 is 2.61 bits per heavy atom. The van der Waals surface area contributed by atoms with Crippen LogP contribution in [-0.4, -0.2) is 5.11 Å². The number of phenolic OH excluding ortho intramolecular Hbond substituents is 1. The molecule has 0 spiro atoms. The first kappa shape index (κ1) is 13.0. The van der Waals surface area contributed by atoms with E-state index in [2.05, 4.69) is 5.32 Å². The van der Waals surface area contributed by atoms with Crippen molar-refractivity contribution in [1.82, 2.24) is 0 Å². The Kier molecular flexibility index (Phi) is 3.94. The third-order valence-electron chi connectivity index (χ3n) is 2.43. The molecular weight excluding hydrogens is 276 g/mol. The molecule has 2 rings (SSSR count). The lowest BCUT2D eigenvalue weighted by Gasteiger charge is -2.10. The van der Waals surface area contributed by atoms with E-state index in [1.165, 1.54) is 12.1 Å². The zero-order chi connectivity index (χ0) is 13.1. The lowest BCUT2D eigenvalue weighted by molar-refractivity contribution is 0.469. The first-order valence-corrected chi connectivity index (χ1v) is 5.98. The molecule has 94 valence electrons. The van der Waals surface area contributed by atoms with Gasteiger partial charge in [0.2, 0.25) is 0 Å². The van der Waals surface area contributed by atoms with Crippen molar-refractivity contribution in [2.24, 2.45) is 0 Å². The van der Waals surface area contributed by atoms with Crippen LogP contribution in [0.4, 0.5) is 10.1 Å². The second-order valence-corrected chi connectivity index (χ2v) is 4.59. The third kappa shape index (κ3) is 3.06. The molecule has 0 amide bonds. The molecule has 0 unspecified atom stereocenters. The maximum absolute atomic E-state index is 13.1. The van der Waals surface area contributed by atoms with Crippen LogP contribution in [0.5, 0.6) is 5.75 Å². The molecule has 2 nitrogen and oxygen atoms in total. The fourth-order valence-electron chi connectivity index (χ4n) is 1.57. The molecule has 2 aromatic rings. The van der Waals surface area contributed by atoms with Crippen molar-refractivity contribution < 1.29 is 9.50 Å². The Hall–Kier alpha value is -1.45. The van der Waals surface area contributed by atoms with Gasteiger partial charge in [0.05, 0.1) is 0 Å². The summed E-state index contributed by atoms with van der Waals surface area (Å²) in [6.45, 7) is 0.283. The summed E-state index contributed by atoms with van der Waals surface area (Å²) in [4.78, 5) is 0. The second-order valence-electron chi connectivity index (χ2n) is 3.75. The van der Waals surface area contributed by atoms with E-state index in [4.69, 9.17) is 23.2 Å². The number of nitrogens with one attached hydrogen (secondary N) is 1. The number of hydrogen-bond acceptors (Lipinski definition) is 2. The molecule has 0 bridgehead atoms. The van der Waals surface area contributed by atoms with Crippen LogP contribution >= 0.6 is 23.2 Å². The van der Waals surface area contributed by atoms with E-state index in [9.17, 15) is 9.50 Å². The number of aromatic hydroxyl groups is 1. The van der Waals surface area contributed by atoms with Gasteiger partial charge in [0, 0.05) is 27.8 Å². The maximum Gasteiger partial charge on any atom is 0.126 e. The summed E-state index contributed by atoms with van der Waals surface area (Å²) >= 11 is 11.7. The highest BCUT2D eigenvalue weighted by Gasteiger charge is 2.06. The van der Waals surface area contributed by atoms with Gasteiger partial charge in [-0.3, -0.25) is 0 Å². The summed E-state index contributed by atoms with van der Waals surface area (Å²) in [5.41, 5.74) is 1.08. The Morgan fingerprint density at radius 1 is 1.17 bits per heavy atom. The highest BCUT2D eigenvalue weighted by Crippen LogP contribution is 2.26. The molecule has 2 N–H and O–H groups in total. The highest BCUT2D eigenvalue weighted by molar-refractivity contribution is 6.31. The van der Waals surface area contributed by atoms with Crippen molar-refractivity contribution in [3.8, 4) is 5.75 Å². The number of phenols is 1. The van der Waals surface area contributed by atoms with Crippen molar-refractivity contribution in [3.05, 3.63) is 57.8 Å². The van der Waals surface area contributed by atoms with Gasteiger partial charge in [0.25, 0.3) is 0 Å². The minimum absolute atomic E-state index is 0.0949. The molecule has 0 aliphatic rings. The summed E-state index contributed by atoms with van der Waals surface area (Å²) in [6.07, 6.45) is 0. The van der Waals surface area contributed by atoms with E-state index in [0.717, 1.165) is 0 Å². The molecule has 0 radical (unpaired) electrons. The SMILES string of the molecule is Oc1cccc(Cl)c1CNc1cc(F)cc(Cl)c1. The Morgan fingerprint density at radius 2 is 1.94 bits per heavy atom. The molecule has 5 heteroatoms. The van der Waals surface area contributed by atoms with Gasteiger partial charge in [-0.15, -0.1) is 0 Å². The third-order valence-corrected chi connectivity index (χ3v) is 3.00. The molecule has 0 saturated heterocycles. The van der Waals surface area contributed by atoms with Gasteiger partial charge < -0.3 is 10.4 Å². The standard InChI is InChI=1S/C13H10Cl2FNO/c14-8-4-9(16)6-10(5-8)17-7-11-12(15)2-1-3-13(11)18/h1-6,17-18H,7H2. The molecule has 0 aromatic heterocycles. The normalized spacial score (nSPS) is 10.4. The zero-order valence-corrected chi connectivity index (χ0v) is 10.8. The van der Waals surface area contributed by atoms with Crippen LogP contribution in [0.3, 0.4) is 0 Å². The predicted molar refractivity (Wildman–Crippen MR) is 71.9 cm³/mol. The zero-order valence-electron chi connectivity index (χ0n) is 9.25. The number of anilines is 1. The molecule has 0 aliphatic heterocycles. The molecule has 0 saturated carbocycles. The van der Waals surface area contributed by atoms with Crippen molar-refractivity contribution in [1.29, 1.82) is 0 Å². The first-order chi connectivity index (χ1) is 8.56. The lowest BCUT2D eigenvalue weighted by atomic mass is 10.2.